The quantitative estimate of drug-likeness (QED) is 0.462. The summed E-state index contributed by atoms with van der Waals surface area (Å²) in [6, 6.07) is 10.7. The van der Waals surface area contributed by atoms with Crippen LogP contribution in [0.3, 0.4) is 0 Å². The molecule has 2 atom stereocenters. The molecule has 1 aromatic heterocycles. The van der Waals surface area contributed by atoms with Crippen LogP contribution in [0.25, 0.3) is 10.9 Å². The predicted molar refractivity (Wildman–Crippen MR) is 149 cm³/mol. The molecule has 1 unspecified atom stereocenters. The van der Waals surface area contributed by atoms with E-state index in [1.807, 2.05) is 30.3 Å². The molecule has 2 saturated heterocycles. The van der Waals surface area contributed by atoms with Crippen LogP contribution in [-0.2, 0) is 20.7 Å². The molecule has 212 valence electrons. The van der Waals surface area contributed by atoms with Crippen molar-refractivity contribution in [3.63, 3.8) is 0 Å². The highest BCUT2D eigenvalue weighted by molar-refractivity contribution is 5.97. The lowest BCUT2D eigenvalue weighted by Gasteiger charge is -2.47. The van der Waals surface area contributed by atoms with Gasteiger partial charge in [-0.05, 0) is 35.7 Å². The first kappa shape index (κ1) is 26.5. The number of morpholine rings is 1. The number of benzene rings is 2. The minimum Gasteiger partial charge on any atom is -0.493 e. The Kier molecular flexibility index (Phi) is 7.29. The summed E-state index contributed by atoms with van der Waals surface area (Å²) in [4.78, 5) is 37.3. The molecule has 2 amide bonds. The number of methoxy groups -OCH3 is 3. The summed E-state index contributed by atoms with van der Waals surface area (Å²) in [5, 5.41) is 1.07. The topological polar surface area (TPSA) is 96.6 Å². The molecule has 2 fully saturated rings. The number of aromatic amines is 1. The summed E-state index contributed by atoms with van der Waals surface area (Å²) < 4.78 is 22.3. The Morgan fingerprint density at radius 3 is 2.40 bits per heavy atom. The Morgan fingerprint density at radius 1 is 0.975 bits per heavy atom. The van der Waals surface area contributed by atoms with Gasteiger partial charge in [0.15, 0.2) is 11.5 Å². The predicted octanol–water partition coefficient (Wildman–Crippen LogP) is 2.60. The zero-order valence-electron chi connectivity index (χ0n) is 23.3. The minimum atomic E-state index is -0.597. The third-order valence-electron chi connectivity index (χ3n) is 8.35. The first-order chi connectivity index (χ1) is 19.5. The zero-order valence-corrected chi connectivity index (χ0v) is 23.3. The molecular formula is C30H36N4O6. The van der Waals surface area contributed by atoms with Crippen LogP contribution in [0, 0.1) is 0 Å². The average Bonchev–Trinajstić information content (AvgIpc) is 3.36. The van der Waals surface area contributed by atoms with E-state index < -0.39 is 12.1 Å². The van der Waals surface area contributed by atoms with Gasteiger partial charge in [-0.15, -0.1) is 0 Å². The molecule has 0 saturated carbocycles. The second-order valence-corrected chi connectivity index (χ2v) is 10.5. The molecule has 3 aliphatic rings. The normalized spacial score (nSPS) is 21.4. The Morgan fingerprint density at radius 2 is 1.70 bits per heavy atom. The van der Waals surface area contributed by atoms with Gasteiger partial charge in [-0.3, -0.25) is 14.5 Å². The fourth-order valence-corrected chi connectivity index (χ4v) is 6.43. The summed E-state index contributed by atoms with van der Waals surface area (Å²) in [6.45, 7) is 4.81. The van der Waals surface area contributed by atoms with Gasteiger partial charge < -0.3 is 33.7 Å². The van der Waals surface area contributed by atoms with Gasteiger partial charge in [0.2, 0.25) is 17.6 Å². The van der Waals surface area contributed by atoms with Crippen LogP contribution in [0.2, 0.25) is 0 Å². The van der Waals surface area contributed by atoms with Gasteiger partial charge >= 0.3 is 0 Å². The van der Waals surface area contributed by atoms with Crippen LogP contribution in [0.4, 0.5) is 0 Å². The fourth-order valence-electron chi connectivity index (χ4n) is 6.43. The lowest BCUT2D eigenvalue weighted by Crippen LogP contribution is -2.63. The monoisotopic (exact) mass is 548 g/mol. The van der Waals surface area contributed by atoms with Crippen LogP contribution < -0.4 is 14.2 Å². The van der Waals surface area contributed by atoms with E-state index in [1.165, 1.54) is 0 Å². The highest BCUT2D eigenvalue weighted by Crippen LogP contribution is 2.47. The number of aromatic nitrogens is 1. The van der Waals surface area contributed by atoms with E-state index in [0.717, 1.165) is 67.0 Å². The van der Waals surface area contributed by atoms with Crippen molar-refractivity contribution in [2.75, 3.05) is 67.3 Å². The van der Waals surface area contributed by atoms with Gasteiger partial charge in [0.25, 0.3) is 0 Å². The number of para-hydroxylation sites is 1. The van der Waals surface area contributed by atoms with Gasteiger partial charge in [-0.25, -0.2) is 0 Å². The molecule has 10 nitrogen and oxygen atoms in total. The molecule has 0 radical (unpaired) electrons. The molecular weight excluding hydrogens is 512 g/mol. The average molecular weight is 549 g/mol. The van der Waals surface area contributed by atoms with Crippen LogP contribution in [0.1, 0.15) is 29.3 Å². The highest BCUT2D eigenvalue weighted by atomic mass is 16.5. The van der Waals surface area contributed by atoms with E-state index in [2.05, 4.69) is 16.0 Å². The van der Waals surface area contributed by atoms with E-state index in [0.29, 0.717) is 30.2 Å². The SMILES string of the molecule is COc1cc(C2c3[nH]c4ccccc4c3C[C@H]3C(=O)N(CCCN4CCOCC4)CC(=O)N23)cc(OC)c1OC. The number of hydrogen-bond acceptors (Lipinski definition) is 7. The number of ether oxygens (including phenoxy) is 4. The lowest BCUT2D eigenvalue weighted by atomic mass is 9.86. The second-order valence-electron chi connectivity index (χ2n) is 10.5. The third-order valence-corrected chi connectivity index (χ3v) is 8.35. The first-order valence-electron chi connectivity index (χ1n) is 13.8. The Labute approximate surface area is 233 Å². The molecule has 6 rings (SSSR count). The molecule has 3 aliphatic heterocycles. The van der Waals surface area contributed by atoms with Crippen LogP contribution in [0.5, 0.6) is 17.2 Å². The number of fused-ring (bicyclic) bond motifs is 4. The Hall–Kier alpha value is -3.76. The van der Waals surface area contributed by atoms with Crippen molar-refractivity contribution < 1.29 is 28.5 Å². The molecule has 40 heavy (non-hydrogen) atoms. The maximum Gasteiger partial charge on any atom is 0.246 e. The number of rotatable bonds is 8. The number of amides is 2. The molecule has 0 aliphatic carbocycles. The molecule has 0 bridgehead atoms. The van der Waals surface area contributed by atoms with E-state index in [9.17, 15) is 9.59 Å². The van der Waals surface area contributed by atoms with E-state index in [1.54, 1.807) is 31.1 Å². The highest BCUT2D eigenvalue weighted by Gasteiger charge is 2.48. The van der Waals surface area contributed by atoms with Crippen molar-refractivity contribution in [2.45, 2.75) is 24.9 Å². The summed E-state index contributed by atoms with van der Waals surface area (Å²) in [5.74, 6) is 1.40. The van der Waals surface area contributed by atoms with Gasteiger partial charge in [0.05, 0.1) is 47.1 Å². The van der Waals surface area contributed by atoms with Crippen molar-refractivity contribution in [2.24, 2.45) is 0 Å². The molecule has 1 N–H and O–H groups in total. The van der Waals surface area contributed by atoms with Crippen LogP contribution >= 0.6 is 0 Å². The summed E-state index contributed by atoms with van der Waals surface area (Å²) in [7, 11) is 4.71. The number of hydrogen-bond donors (Lipinski definition) is 1. The third kappa shape index (κ3) is 4.54. The maximum atomic E-state index is 14.0. The summed E-state index contributed by atoms with van der Waals surface area (Å²) >= 11 is 0. The number of H-pyrrole nitrogens is 1. The standard InChI is InChI=1S/C30H36N4O6/c1-37-24-15-19(16-25(38-2)29(24)39-3)28-27-21(20-7-4-5-8-22(20)31-27)17-23-30(36)33(18-26(35)34(23)28)10-6-9-32-11-13-40-14-12-32/h4-5,7-8,15-16,23,28,31H,6,9-14,17-18H2,1-3H3/t23-,28?/m0/s1. The van der Waals surface area contributed by atoms with Crippen molar-refractivity contribution in [1.82, 2.24) is 19.7 Å². The van der Waals surface area contributed by atoms with Crippen LogP contribution in [-0.4, -0.2) is 105 Å². The first-order valence-corrected chi connectivity index (χ1v) is 13.8. The van der Waals surface area contributed by atoms with E-state index >= 15 is 0 Å². The van der Waals surface area contributed by atoms with Crippen molar-refractivity contribution in [1.29, 1.82) is 0 Å². The largest absolute Gasteiger partial charge is 0.493 e. The molecule has 4 heterocycles. The number of carbonyl (C=O) groups is 2. The van der Waals surface area contributed by atoms with Crippen molar-refractivity contribution >= 4 is 22.7 Å². The summed E-state index contributed by atoms with van der Waals surface area (Å²) in [6.07, 6.45) is 1.28. The zero-order chi connectivity index (χ0) is 27.8. The number of nitrogens with zero attached hydrogens (tertiary/aromatic N) is 3. The molecule has 2 aromatic carbocycles. The van der Waals surface area contributed by atoms with Gasteiger partial charge in [-0.1, -0.05) is 18.2 Å². The molecule has 10 heteroatoms. The van der Waals surface area contributed by atoms with Crippen molar-refractivity contribution in [3.05, 3.63) is 53.2 Å². The van der Waals surface area contributed by atoms with Gasteiger partial charge in [0.1, 0.15) is 6.04 Å². The van der Waals surface area contributed by atoms with E-state index in [4.69, 9.17) is 18.9 Å². The fraction of sp³-hybridized carbons (Fsp3) is 0.467. The summed E-state index contributed by atoms with van der Waals surface area (Å²) in [5.41, 5.74) is 3.74. The molecule has 0 spiro atoms. The smallest absolute Gasteiger partial charge is 0.246 e. The Balaban J connectivity index is 1.37. The van der Waals surface area contributed by atoms with Gasteiger partial charge in [0, 0.05) is 49.2 Å². The van der Waals surface area contributed by atoms with Crippen LogP contribution in [0.15, 0.2) is 36.4 Å². The minimum absolute atomic E-state index is 0.00468. The number of carbonyl (C=O) groups excluding carboxylic acids is 2. The molecule has 3 aromatic rings. The maximum absolute atomic E-state index is 14.0. The van der Waals surface area contributed by atoms with Gasteiger partial charge in [-0.2, -0.15) is 0 Å². The van der Waals surface area contributed by atoms with E-state index in [-0.39, 0.29) is 18.4 Å². The number of nitrogens with one attached hydrogen (secondary N) is 1. The number of piperazine rings is 1. The lowest BCUT2D eigenvalue weighted by molar-refractivity contribution is -0.158. The second kappa shape index (κ2) is 11.0. The van der Waals surface area contributed by atoms with Crippen molar-refractivity contribution in [3.8, 4) is 17.2 Å². The Bertz CT molecular complexity index is 1390.